The average molecular weight is 361 g/mol. The zero-order chi connectivity index (χ0) is 15.1. The molecular formula is C14H14Cl2N2OS2. The molecule has 0 aliphatic carbocycles. The number of hydrogen-bond donors (Lipinski definition) is 1. The lowest BCUT2D eigenvalue weighted by atomic mass is 10.1. The fourth-order valence-electron chi connectivity index (χ4n) is 1.67. The summed E-state index contributed by atoms with van der Waals surface area (Å²) < 4.78 is 1.06. The Morgan fingerprint density at radius 3 is 2.76 bits per heavy atom. The molecule has 1 aromatic carbocycles. The largest absolute Gasteiger partial charge is 0.356 e. The molecular weight excluding hydrogens is 347 g/mol. The zero-order valence-corrected chi connectivity index (χ0v) is 14.3. The third-order valence-corrected chi connectivity index (χ3v) is 5.44. The molecule has 1 N–H and O–H groups in total. The molecule has 0 unspecified atom stereocenters. The molecule has 0 saturated heterocycles. The first-order chi connectivity index (χ1) is 10.2. The van der Waals surface area contributed by atoms with Crippen LogP contribution in [0.5, 0.6) is 0 Å². The number of halogens is 2. The van der Waals surface area contributed by atoms with Crippen LogP contribution in [0.4, 0.5) is 0 Å². The van der Waals surface area contributed by atoms with Gasteiger partial charge in [-0.15, -0.1) is 11.3 Å². The Hall–Kier alpha value is -0.750. The smallest absolute Gasteiger partial charge is 0.224 e. The second-order valence-corrected chi connectivity index (χ2v) is 7.28. The zero-order valence-electron chi connectivity index (χ0n) is 11.1. The van der Waals surface area contributed by atoms with Crippen molar-refractivity contribution in [1.29, 1.82) is 0 Å². The molecule has 0 radical (unpaired) electrons. The Morgan fingerprint density at radius 2 is 2.10 bits per heavy atom. The van der Waals surface area contributed by atoms with Crippen LogP contribution in [-0.4, -0.2) is 23.2 Å². The number of nitrogens with zero attached hydrogens (tertiary/aromatic N) is 1. The van der Waals surface area contributed by atoms with Crippen molar-refractivity contribution in [3.63, 3.8) is 0 Å². The average Bonchev–Trinajstić information content (AvgIpc) is 2.96. The molecule has 0 spiro atoms. The summed E-state index contributed by atoms with van der Waals surface area (Å²) in [5.74, 6) is 0.866. The fourth-order valence-corrected chi connectivity index (χ4v) is 3.84. The maximum atomic E-state index is 11.9. The maximum absolute atomic E-state index is 11.9. The third-order valence-electron chi connectivity index (χ3n) is 2.68. The topological polar surface area (TPSA) is 42.0 Å². The highest BCUT2D eigenvalue weighted by molar-refractivity contribution is 8.00. The van der Waals surface area contributed by atoms with Crippen molar-refractivity contribution in [3.05, 3.63) is 45.4 Å². The summed E-state index contributed by atoms with van der Waals surface area (Å²) in [6.07, 6.45) is 2.90. The van der Waals surface area contributed by atoms with E-state index in [0.29, 0.717) is 22.2 Å². The maximum Gasteiger partial charge on any atom is 0.224 e. The number of amides is 1. The van der Waals surface area contributed by atoms with Gasteiger partial charge < -0.3 is 5.32 Å². The van der Waals surface area contributed by atoms with Crippen LogP contribution in [0.15, 0.2) is 34.1 Å². The number of carbonyl (C=O) groups excluding carboxylic acids is 1. The van der Waals surface area contributed by atoms with Crippen LogP contribution in [0, 0.1) is 0 Å². The van der Waals surface area contributed by atoms with Gasteiger partial charge in [0, 0.05) is 33.9 Å². The van der Waals surface area contributed by atoms with E-state index in [1.54, 1.807) is 47.5 Å². The molecule has 0 bridgehead atoms. The van der Waals surface area contributed by atoms with Gasteiger partial charge in [0.1, 0.15) is 4.34 Å². The number of benzene rings is 1. The Labute approximate surface area is 142 Å². The summed E-state index contributed by atoms with van der Waals surface area (Å²) in [4.78, 5) is 16.1. The highest BCUT2D eigenvalue weighted by atomic mass is 35.5. The number of hydrogen-bond acceptors (Lipinski definition) is 4. The van der Waals surface area contributed by atoms with Crippen molar-refractivity contribution in [3.8, 4) is 0 Å². The second kappa shape index (κ2) is 8.63. The first-order valence-corrected chi connectivity index (χ1v) is 9.01. The summed E-state index contributed by atoms with van der Waals surface area (Å²) in [5.41, 5.74) is 0.676. The SMILES string of the molecule is O=C(Cc1c(Cl)cccc1Cl)NCCCSc1nccs1. The second-order valence-electron chi connectivity index (χ2n) is 4.23. The number of nitrogens with one attached hydrogen (secondary N) is 1. The number of aromatic nitrogens is 1. The summed E-state index contributed by atoms with van der Waals surface area (Å²) in [6, 6.07) is 5.24. The van der Waals surface area contributed by atoms with Gasteiger partial charge in [-0.3, -0.25) is 4.79 Å². The van der Waals surface area contributed by atoms with E-state index in [-0.39, 0.29) is 12.3 Å². The lowest BCUT2D eigenvalue weighted by molar-refractivity contribution is -0.120. The summed E-state index contributed by atoms with van der Waals surface area (Å²) in [6.45, 7) is 0.638. The number of rotatable bonds is 7. The molecule has 1 heterocycles. The molecule has 1 aromatic heterocycles. The minimum Gasteiger partial charge on any atom is -0.356 e. The number of thioether (sulfide) groups is 1. The van der Waals surface area contributed by atoms with Gasteiger partial charge in [-0.1, -0.05) is 41.0 Å². The molecule has 2 rings (SSSR count). The van der Waals surface area contributed by atoms with Crippen molar-refractivity contribution in [1.82, 2.24) is 10.3 Å². The molecule has 0 saturated carbocycles. The normalized spacial score (nSPS) is 10.6. The van der Waals surface area contributed by atoms with Crippen LogP contribution >= 0.6 is 46.3 Å². The molecule has 7 heteroatoms. The van der Waals surface area contributed by atoms with Gasteiger partial charge >= 0.3 is 0 Å². The predicted octanol–water partition coefficient (Wildman–Crippen LogP) is 4.29. The Kier molecular flexibility index (Phi) is 6.83. The Balaban J connectivity index is 1.68. The molecule has 3 nitrogen and oxygen atoms in total. The molecule has 1 amide bonds. The molecule has 0 aliphatic rings. The standard InChI is InChI=1S/C14H14Cl2N2OS2/c15-11-3-1-4-12(16)10(11)9-13(19)17-5-2-7-20-14-18-6-8-21-14/h1,3-4,6,8H,2,5,7,9H2,(H,17,19). The van der Waals surface area contributed by atoms with Crippen molar-refractivity contribution in [2.45, 2.75) is 17.2 Å². The molecule has 0 atom stereocenters. The van der Waals surface area contributed by atoms with Gasteiger partial charge in [0.05, 0.1) is 6.42 Å². The molecule has 21 heavy (non-hydrogen) atoms. The first kappa shape index (κ1) is 16.6. The molecule has 0 fully saturated rings. The van der Waals surface area contributed by atoms with Crippen LogP contribution in [-0.2, 0) is 11.2 Å². The summed E-state index contributed by atoms with van der Waals surface area (Å²) in [5, 5.41) is 5.88. The van der Waals surface area contributed by atoms with Crippen molar-refractivity contribution < 1.29 is 4.79 Å². The lowest BCUT2D eigenvalue weighted by Gasteiger charge is -2.08. The van der Waals surface area contributed by atoms with E-state index in [4.69, 9.17) is 23.2 Å². The summed E-state index contributed by atoms with van der Waals surface area (Å²) in [7, 11) is 0. The minimum atomic E-state index is -0.0655. The van der Waals surface area contributed by atoms with Gasteiger partial charge in [0.25, 0.3) is 0 Å². The van der Waals surface area contributed by atoms with Crippen LogP contribution < -0.4 is 5.32 Å². The third kappa shape index (κ3) is 5.51. The van der Waals surface area contributed by atoms with Gasteiger partial charge in [-0.2, -0.15) is 0 Å². The highest BCUT2D eigenvalue weighted by Crippen LogP contribution is 2.24. The van der Waals surface area contributed by atoms with Crippen molar-refractivity contribution in [2.75, 3.05) is 12.3 Å². The quantitative estimate of drug-likeness (QED) is 0.591. The van der Waals surface area contributed by atoms with Crippen LogP contribution in [0.2, 0.25) is 10.0 Å². The van der Waals surface area contributed by atoms with Gasteiger partial charge in [0.15, 0.2) is 0 Å². The first-order valence-electron chi connectivity index (χ1n) is 6.38. The van der Waals surface area contributed by atoms with Crippen molar-refractivity contribution >= 4 is 52.2 Å². The minimum absolute atomic E-state index is 0.0655. The van der Waals surface area contributed by atoms with E-state index in [2.05, 4.69) is 10.3 Å². The van der Waals surface area contributed by atoms with Crippen LogP contribution in [0.3, 0.4) is 0 Å². The highest BCUT2D eigenvalue weighted by Gasteiger charge is 2.10. The van der Waals surface area contributed by atoms with E-state index in [9.17, 15) is 4.79 Å². The van der Waals surface area contributed by atoms with Crippen molar-refractivity contribution in [2.24, 2.45) is 0 Å². The molecule has 2 aromatic rings. The lowest BCUT2D eigenvalue weighted by Crippen LogP contribution is -2.26. The predicted molar refractivity (Wildman–Crippen MR) is 90.6 cm³/mol. The Morgan fingerprint density at radius 1 is 1.33 bits per heavy atom. The van der Waals surface area contributed by atoms with Gasteiger partial charge in [-0.25, -0.2) is 4.98 Å². The monoisotopic (exact) mass is 360 g/mol. The van der Waals surface area contributed by atoms with Gasteiger partial charge in [0.2, 0.25) is 5.91 Å². The fraction of sp³-hybridized carbons (Fsp3) is 0.286. The summed E-state index contributed by atoms with van der Waals surface area (Å²) >= 11 is 15.4. The van der Waals surface area contributed by atoms with E-state index >= 15 is 0 Å². The van der Waals surface area contributed by atoms with Crippen LogP contribution in [0.25, 0.3) is 0 Å². The van der Waals surface area contributed by atoms with E-state index < -0.39 is 0 Å². The number of carbonyl (C=O) groups is 1. The number of thiazole rings is 1. The van der Waals surface area contributed by atoms with E-state index in [0.717, 1.165) is 16.5 Å². The Bertz CT molecular complexity index is 570. The van der Waals surface area contributed by atoms with E-state index in [1.165, 1.54) is 0 Å². The van der Waals surface area contributed by atoms with Crippen LogP contribution in [0.1, 0.15) is 12.0 Å². The van der Waals surface area contributed by atoms with Gasteiger partial charge in [-0.05, 0) is 24.1 Å². The molecule has 112 valence electrons. The van der Waals surface area contributed by atoms with E-state index in [1.807, 2.05) is 5.38 Å². The molecule has 0 aliphatic heterocycles.